The highest BCUT2D eigenvalue weighted by molar-refractivity contribution is 7.99. The molecule has 1 aromatic heterocycles. The van der Waals surface area contributed by atoms with Gasteiger partial charge >= 0.3 is 0 Å². The Hall–Kier alpha value is -1.43. The largest absolute Gasteiger partial charge is 0.467 e. The number of aliphatic hydroxyl groups is 1. The van der Waals surface area contributed by atoms with Crippen LogP contribution in [-0.4, -0.2) is 23.3 Å². The number of hydrogen-bond donors (Lipinski definition) is 2. The van der Waals surface area contributed by atoms with Gasteiger partial charge in [0.05, 0.1) is 18.4 Å². The van der Waals surface area contributed by atoms with Crippen molar-refractivity contribution in [2.75, 3.05) is 12.3 Å². The van der Waals surface area contributed by atoms with Crippen LogP contribution in [0.5, 0.6) is 0 Å². The van der Waals surface area contributed by atoms with Crippen molar-refractivity contribution in [2.45, 2.75) is 17.9 Å². The number of amides is 1. The molecule has 4 nitrogen and oxygen atoms in total. The van der Waals surface area contributed by atoms with Crippen LogP contribution >= 0.6 is 23.4 Å². The predicted molar refractivity (Wildman–Crippen MR) is 83.9 cm³/mol. The lowest BCUT2D eigenvalue weighted by Crippen LogP contribution is -2.28. The Kier molecular flexibility index (Phi) is 5.73. The Morgan fingerprint density at radius 3 is 2.95 bits per heavy atom. The molecule has 0 bridgehead atoms. The van der Waals surface area contributed by atoms with Crippen LogP contribution in [0.25, 0.3) is 0 Å². The van der Waals surface area contributed by atoms with Crippen molar-refractivity contribution >= 4 is 29.3 Å². The SMILES string of the molecule is CCSc1ccc(Cl)cc1C(=O)NCC(O)c1ccco1. The number of thioether (sulfide) groups is 1. The van der Waals surface area contributed by atoms with E-state index in [4.69, 9.17) is 16.0 Å². The number of carbonyl (C=O) groups is 1. The van der Waals surface area contributed by atoms with E-state index >= 15 is 0 Å². The predicted octanol–water partition coefficient (Wildman–Crippen LogP) is 3.51. The molecule has 0 saturated carbocycles. The van der Waals surface area contributed by atoms with Crippen LogP contribution in [0.1, 0.15) is 29.1 Å². The van der Waals surface area contributed by atoms with E-state index in [1.807, 2.05) is 13.0 Å². The third-order valence-electron chi connectivity index (χ3n) is 2.81. The van der Waals surface area contributed by atoms with Crippen LogP contribution in [0.4, 0.5) is 0 Å². The van der Waals surface area contributed by atoms with E-state index in [0.717, 1.165) is 10.6 Å². The average molecular weight is 326 g/mol. The summed E-state index contributed by atoms with van der Waals surface area (Å²) < 4.78 is 5.09. The summed E-state index contributed by atoms with van der Waals surface area (Å²) in [5.74, 6) is 1.01. The monoisotopic (exact) mass is 325 g/mol. The minimum Gasteiger partial charge on any atom is -0.467 e. The van der Waals surface area contributed by atoms with Gasteiger partial charge in [0.25, 0.3) is 5.91 Å². The molecule has 0 fully saturated rings. The van der Waals surface area contributed by atoms with E-state index in [0.29, 0.717) is 16.3 Å². The van der Waals surface area contributed by atoms with Crippen LogP contribution in [0.2, 0.25) is 5.02 Å². The zero-order valence-corrected chi connectivity index (χ0v) is 13.1. The average Bonchev–Trinajstić information content (AvgIpc) is 3.01. The number of nitrogens with one attached hydrogen (secondary N) is 1. The summed E-state index contributed by atoms with van der Waals surface area (Å²) in [6.07, 6.45) is 0.610. The Labute approximate surface area is 132 Å². The van der Waals surface area contributed by atoms with Gasteiger partial charge in [0.1, 0.15) is 11.9 Å². The van der Waals surface area contributed by atoms with Gasteiger partial charge in [0, 0.05) is 9.92 Å². The molecular weight excluding hydrogens is 310 g/mol. The molecule has 0 radical (unpaired) electrons. The van der Waals surface area contributed by atoms with Gasteiger partial charge in [-0.05, 0) is 36.1 Å². The Balaban J connectivity index is 2.04. The highest BCUT2D eigenvalue weighted by Crippen LogP contribution is 2.25. The Bertz CT molecular complexity index is 601. The Morgan fingerprint density at radius 2 is 2.29 bits per heavy atom. The number of aliphatic hydroxyl groups excluding tert-OH is 1. The lowest BCUT2D eigenvalue weighted by molar-refractivity contribution is 0.0898. The number of benzene rings is 1. The second-order valence-corrected chi connectivity index (χ2v) is 6.06. The smallest absolute Gasteiger partial charge is 0.252 e. The molecule has 0 aliphatic carbocycles. The summed E-state index contributed by atoms with van der Waals surface area (Å²) >= 11 is 7.52. The number of rotatable bonds is 6. The number of hydrogen-bond acceptors (Lipinski definition) is 4. The van der Waals surface area contributed by atoms with Crippen molar-refractivity contribution in [3.05, 3.63) is 52.9 Å². The minimum atomic E-state index is -0.870. The molecule has 2 rings (SSSR count). The van der Waals surface area contributed by atoms with Gasteiger partial charge in [0.15, 0.2) is 0 Å². The van der Waals surface area contributed by atoms with Gasteiger partial charge in [-0.15, -0.1) is 11.8 Å². The normalized spacial score (nSPS) is 12.1. The van der Waals surface area contributed by atoms with Gasteiger partial charge in [-0.25, -0.2) is 0 Å². The van der Waals surface area contributed by atoms with Crippen LogP contribution in [0, 0.1) is 0 Å². The first kappa shape index (κ1) is 15.9. The summed E-state index contributed by atoms with van der Waals surface area (Å²) in [6.45, 7) is 2.09. The van der Waals surface area contributed by atoms with Crippen molar-refractivity contribution in [3.8, 4) is 0 Å². The van der Waals surface area contributed by atoms with Gasteiger partial charge < -0.3 is 14.8 Å². The summed E-state index contributed by atoms with van der Waals surface area (Å²) in [5, 5.41) is 13.1. The summed E-state index contributed by atoms with van der Waals surface area (Å²) in [7, 11) is 0. The molecule has 1 unspecified atom stereocenters. The highest BCUT2D eigenvalue weighted by atomic mass is 35.5. The molecule has 0 saturated heterocycles. The maximum atomic E-state index is 12.2. The van der Waals surface area contributed by atoms with Gasteiger partial charge in [-0.3, -0.25) is 4.79 Å². The molecular formula is C15H16ClNO3S. The van der Waals surface area contributed by atoms with Gasteiger partial charge in [0.2, 0.25) is 0 Å². The van der Waals surface area contributed by atoms with E-state index in [9.17, 15) is 9.90 Å². The molecule has 112 valence electrons. The maximum absolute atomic E-state index is 12.2. The van der Waals surface area contributed by atoms with Crippen LogP contribution in [0.3, 0.4) is 0 Å². The second-order valence-electron chi connectivity index (χ2n) is 4.31. The fraction of sp³-hybridized carbons (Fsp3) is 0.267. The Morgan fingerprint density at radius 1 is 1.48 bits per heavy atom. The lowest BCUT2D eigenvalue weighted by Gasteiger charge is -2.12. The van der Waals surface area contributed by atoms with E-state index in [1.165, 1.54) is 6.26 Å². The fourth-order valence-electron chi connectivity index (χ4n) is 1.83. The van der Waals surface area contributed by atoms with Crippen molar-refractivity contribution in [1.82, 2.24) is 5.32 Å². The van der Waals surface area contributed by atoms with Crippen molar-refractivity contribution in [2.24, 2.45) is 0 Å². The summed E-state index contributed by atoms with van der Waals surface area (Å²) in [4.78, 5) is 13.1. The number of carbonyl (C=O) groups excluding carboxylic acids is 1. The highest BCUT2D eigenvalue weighted by Gasteiger charge is 2.15. The van der Waals surface area contributed by atoms with Gasteiger partial charge in [-0.2, -0.15) is 0 Å². The van der Waals surface area contributed by atoms with E-state index < -0.39 is 6.10 Å². The quantitative estimate of drug-likeness (QED) is 0.798. The molecule has 1 amide bonds. The summed E-state index contributed by atoms with van der Waals surface area (Å²) in [6, 6.07) is 8.57. The topological polar surface area (TPSA) is 62.5 Å². The molecule has 21 heavy (non-hydrogen) atoms. The van der Waals surface area contributed by atoms with Crippen LogP contribution < -0.4 is 5.32 Å². The van der Waals surface area contributed by atoms with E-state index in [1.54, 1.807) is 36.0 Å². The number of furan rings is 1. The molecule has 6 heteroatoms. The third-order valence-corrected chi connectivity index (χ3v) is 4.00. The number of halogens is 1. The zero-order chi connectivity index (χ0) is 15.2. The summed E-state index contributed by atoms with van der Waals surface area (Å²) in [5.41, 5.74) is 0.515. The van der Waals surface area contributed by atoms with Crippen molar-refractivity contribution in [3.63, 3.8) is 0 Å². The molecule has 2 N–H and O–H groups in total. The fourth-order valence-corrected chi connectivity index (χ4v) is 2.78. The third kappa shape index (κ3) is 4.27. The molecule has 2 aromatic rings. The first-order valence-corrected chi connectivity index (χ1v) is 7.90. The molecule has 0 aliphatic heterocycles. The van der Waals surface area contributed by atoms with E-state index in [2.05, 4.69) is 5.32 Å². The molecule has 0 aliphatic rings. The maximum Gasteiger partial charge on any atom is 0.252 e. The molecule has 0 spiro atoms. The molecule has 1 atom stereocenters. The molecule has 1 aromatic carbocycles. The molecule has 1 heterocycles. The van der Waals surface area contributed by atoms with E-state index in [-0.39, 0.29) is 12.5 Å². The lowest BCUT2D eigenvalue weighted by atomic mass is 10.2. The first-order valence-electron chi connectivity index (χ1n) is 6.53. The van der Waals surface area contributed by atoms with Gasteiger partial charge in [-0.1, -0.05) is 18.5 Å². The van der Waals surface area contributed by atoms with Crippen LogP contribution in [-0.2, 0) is 0 Å². The second kappa shape index (κ2) is 7.54. The van der Waals surface area contributed by atoms with Crippen molar-refractivity contribution < 1.29 is 14.3 Å². The first-order chi connectivity index (χ1) is 10.1. The van der Waals surface area contributed by atoms with Crippen LogP contribution in [0.15, 0.2) is 45.9 Å². The van der Waals surface area contributed by atoms with Crippen molar-refractivity contribution in [1.29, 1.82) is 0 Å². The minimum absolute atomic E-state index is 0.0785. The zero-order valence-electron chi connectivity index (χ0n) is 11.5. The standard InChI is InChI=1S/C15H16ClNO3S/c1-2-21-14-6-5-10(16)8-11(14)15(19)17-9-12(18)13-4-3-7-20-13/h3-8,12,18H,2,9H2,1H3,(H,17,19).